The molecule has 0 radical (unpaired) electrons. The highest BCUT2D eigenvalue weighted by Crippen LogP contribution is 2.24. The van der Waals surface area contributed by atoms with E-state index >= 15 is 0 Å². The van der Waals surface area contributed by atoms with E-state index in [0.29, 0.717) is 24.5 Å². The van der Waals surface area contributed by atoms with E-state index in [-0.39, 0.29) is 24.9 Å². The molecule has 0 amide bonds. The lowest BCUT2D eigenvalue weighted by Gasteiger charge is -2.32. The highest BCUT2D eigenvalue weighted by molar-refractivity contribution is 7.89. The lowest BCUT2D eigenvalue weighted by atomic mass is 10.00. The number of nitrogens with one attached hydrogen (secondary N) is 1. The van der Waals surface area contributed by atoms with Gasteiger partial charge in [0, 0.05) is 13.1 Å². The summed E-state index contributed by atoms with van der Waals surface area (Å²) in [4.78, 5) is 10.9. The van der Waals surface area contributed by atoms with Crippen LogP contribution >= 0.6 is 12.4 Å². The summed E-state index contributed by atoms with van der Waals surface area (Å²) in [5.74, 6) is -0.755. The summed E-state index contributed by atoms with van der Waals surface area (Å²) in [6, 6.07) is 7.14. The van der Waals surface area contributed by atoms with Crippen LogP contribution in [0.5, 0.6) is 0 Å². The highest BCUT2D eigenvalue weighted by Gasteiger charge is 2.30. The minimum atomic E-state index is -3.48. The van der Waals surface area contributed by atoms with Crippen molar-refractivity contribution in [2.24, 2.45) is 5.92 Å². The van der Waals surface area contributed by atoms with Gasteiger partial charge in [-0.2, -0.15) is 4.31 Å². The molecule has 0 saturated carbocycles. The number of hydrogen-bond acceptors (Lipinski definition) is 4. The summed E-state index contributed by atoms with van der Waals surface area (Å²) in [7, 11) is -3.48. The van der Waals surface area contributed by atoms with Gasteiger partial charge in [-0.05, 0) is 49.4 Å². The predicted molar refractivity (Wildman–Crippen MR) is 99.7 cm³/mol. The fraction of sp³-hybridized carbons (Fsp3) is 0.588. The number of carboxylic acid groups (broad SMARTS) is 1. The molecule has 1 aromatic rings. The average Bonchev–Trinajstić information content (AvgIpc) is 2.56. The second-order valence-electron chi connectivity index (χ2n) is 6.29. The minimum Gasteiger partial charge on any atom is -0.480 e. The molecule has 1 aliphatic rings. The monoisotopic (exact) mass is 390 g/mol. The maximum absolute atomic E-state index is 12.8. The molecule has 1 atom stereocenters. The molecular formula is C17H27ClN2O4S. The van der Waals surface area contributed by atoms with Crippen LogP contribution in [0.25, 0.3) is 0 Å². The standard InChI is InChI=1S/C17H26N2O4S.ClH/c1-2-4-14-6-8-16(9-7-14)24(22,23)19-10-3-5-15(13-19)11-18-12-17(20)21;/h6-9,15,18H,2-5,10-13H2,1H3,(H,20,21);1H. The van der Waals surface area contributed by atoms with E-state index in [9.17, 15) is 13.2 Å². The van der Waals surface area contributed by atoms with Gasteiger partial charge < -0.3 is 10.4 Å². The quantitative estimate of drug-likeness (QED) is 0.710. The van der Waals surface area contributed by atoms with E-state index in [1.165, 1.54) is 4.31 Å². The van der Waals surface area contributed by atoms with Crippen molar-refractivity contribution < 1.29 is 18.3 Å². The molecule has 1 saturated heterocycles. The van der Waals surface area contributed by atoms with Gasteiger partial charge in [-0.3, -0.25) is 4.79 Å². The number of sulfonamides is 1. The zero-order valence-electron chi connectivity index (χ0n) is 14.5. The number of aliphatic carboxylic acids is 1. The van der Waals surface area contributed by atoms with Crippen molar-refractivity contribution >= 4 is 28.4 Å². The molecule has 1 aromatic carbocycles. The van der Waals surface area contributed by atoms with Crippen molar-refractivity contribution in [3.63, 3.8) is 0 Å². The number of carboxylic acids is 1. The van der Waals surface area contributed by atoms with Crippen molar-refractivity contribution in [1.82, 2.24) is 9.62 Å². The Morgan fingerprint density at radius 1 is 1.32 bits per heavy atom. The molecule has 1 aliphatic heterocycles. The summed E-state index contributed by atoms with van der Waals surface area (Å²) >= 11 is 0. The van der Waals surface area contributed by atoms with E-state index in [2.05, 4.69) is 12.2 Å². The number of carbonyl (C=O) groups is 1. The second kappa shape index (κ2) is 10.1. The van der Waals surface area contributed by atoms with Crippen LogP contribution in [0.3, 0.4) is 0 Å². The molecule has 8 heteroatoms. The molecule has 25 heavy (non-hydrogen) atoms. The van der Waals surface area contributed by atoms with E-state index in [0.717, 1.165) is 31.2 Å². The molecule has 0 spiro atoms. The van der Waals surface area contributed by atoms with E-state index in [4.69, 9.17) is 5.11 Å². The third kappa shape index (κ3) is 6.26. The second-order valence-corrected chi connectivity index (χ2v) is 8.23. The Morgan fingerprint density at radius 2 is 2.00 bits per heavy atom. The Balaban J connectivity index is 0.00000312. The molecule has 1 fully saturated rings. The minimum absolute atomic E-state index is 0. The Labute approximate surface area is 156 Å². The van der Waals surface area contributed by atoms with Crippen LogP contribution < -0.4 is 5.32 Å². The molecule has 2 N–H and O–H groups in total. The van der Waals surface area contributed by atoms with Crippen LogP contribution in [-0.2, 0) is 21.2 Å². The molecule has 142 valence electrons. The number of aryl methyl sites for hydroxylation is 1. The lowest BCUT2D eigenvalue weighted by Crippen LogP contribution is -2.43. The summed E-state index contributed by atoms with van der Waals surface area (Å²) < 4.78 is 27.1. The molecule has 1 unspecified atom stereocenters. The maximum atomic E-state index is 12.8. The molecule has 1 heterocycles. The first-order valence-electron chi connectivity index (χ1n) is 8.45. The number of rotatable bonds is 8. The Bertz CT molecular complexity index is 649. The zero-order chi connectivity index (χ0) is 17.6. The number of hydrogen-bond donors (Lipinski definition) is 2. The van der Waals surface area contributed by atoms with E-state index < -0.39 is 16.0 Å². The van der Waals surface area contributed by atoms with Crippen LogP contribution in [0.2, 0.25) is 0 Å². The zero-order valence-corrected chi connectivity index (χ0v) is 16.1. The lowest BCUT2D eigenvalue weighted by molar-refractivity contribution is -0.136. The fourth-order valence-corrected chi connectivity index (χ4v) is 4.62. The summed E-state index contributed by atoms with van der Waals surface area (Å²) in [6.07, 6.45) is 3.69. The van der Waals surface area contributed by atoms with E-state index in [1.807, 2.05) is 12.1 Å². The van der Waals surface area contributed by atoms with Crippen molar-refractivity contribution in [1.29, 1.82) is 0 Å². The van der Waals surface area contributed by atoms with Gasteiger partial charge in [-0.15, -0.1) is 12.4 Å². The van der Waals surface area contributed by atoms with Crippen LogP contribution in [0.15, 0.2) is 29.2 Å². The smallest absolute Gasteiger partial charge is 0.317 e. The molecule has 2 rings (SSSR count). The van der Waals surface area contributed by atoms with Crippen LogP contribution in [-0.4, -0.2) is 50.0 Å². The summed E-state index contributed by atoms with van der Waals surface area (Å²) in [6.45, 7) is 3.48. The first kappa shape index (κ1) is 21.9. The van der Waals surface area contributed by atoms with Crippen LogP contribution in [0, 0.1) is 5.92 Å². The topological polar surface area (TPSA) is 86.7 Å². The largest absolute Gasteiger partial charge is 0.480 e. The van der Waals surface area contributed by atoms with Crippen molar-refractivity contribution in [3.8, 4) is 0 Å². The first-order valence-corrected chi connectivity index (χ1v) is 9.89. The molecule has 6 nitrogen and oxygen atoms in total. The van der Waals surface area contributed by atoms with Gasteiger partial charge in [0.25, 0.3) is 0 Å². The SMILES string of the molecule is CCCc1ccc(S(=O)(=O)N2CCCC(CNCC(=O)O)C2)cc1.Cl. The van der Waals surface area contributed by atoms with Crippen LogP contribution in [0.4, 0.5) is 0 Å². The normalized spacial score (nSPS) is 18.5. The van der Waals surface area contributed by atoms with Gasteiger partial charge in [0.2, 0.25) is 10.0 Å². The average molecular weight is 391 g/mol. The number of halogens is 1. The number of benzene rings is 1. The number of nitrogens with zero attached hydrogens (tertiary/aromatic N) is 1. The molecule has 0 aromatic heterocycles. The van der Waals surface area contributed by atoms with Gasteiger partial charge in [0.1, 0.15) is 0 Å². The van der Waals surface area contributed by atoms with E-state index in [1.54, 1.807) is 12.1 Å². The molecular weight excluding hydrogens is 364 g/mol. The summed E-state index contributed by atoms with van der Waals surface area (Å²) in [5.41, 5.74) is 1.14. The first-order chi connectivity index (χ1) is 11.4. The third-order valence-corrected chi connectivity index (χ3v) is 6.17. The number of piperidine rings is 1. The third-order valence-electron chi connectivity index (χ3n) is 4.29. The van der Waals surface area contributed by atoms with Crippen molar-refractivity contribution in [3.05, 3.63) is 29.8 Å². The Kier molecular flexibility index (Phi) is 8.85. The Morgan fingerprint density at radius 3 is 2.60 bits per heavy atom. The molecule has 0 aliphatic carbocycles. The van der Waals surface area contributed by atoms with Gasteiger partial charge in [-0.1, -0.05) is 25.5 Å². The predicted octanol–water partition coefficient (Wildman–Crippen LogP) is 2.14. The maximum Gasteiger partial charge on any atom is 0.317 e. The van der Waals surface area contributed by atoms with Gasteiger partial charge >= 0.3 is 5.97 Å². The van der Waals surface area contributed by atoms with Gasteiger partial charge in [-0.25, -0.2) is 8.42 Å². The van der Waals surface area contributed by atoms with Gasteiger partial charge in [0.15, 0.2) is 0 Å². The van der Waals surface area contributed by atoms with Crippen molar-refractivity contribution in [2.45, 2.75) is 37.5 Å². The van der Waals surface area contributed by atoms with Crippen molar-refractivity contribution in [2.75, 3.05) is 26.2 Å². The van der Waals surface area contributed by atoms with Gasteiger partial charge in [0.05, 0.1) is 11.4 Å². The summed E-state index contributed by atoms with van der Waals surface area (Å²) in [5, 5.41) is 11.5. The Hall–Kier alpha value is -1.15. The molecule has 0 bridgehead atoms. The fourth-order valence-electron chi connectivity index (χ4n) is 3.06. The highest BCUT2D eigenvalue weighted by atomic mass is 35.5. The van der Waals surface area contributed by atoms with Crippen LogP contribution in [0.1, 0.15) is 31.7 Å².